The molecule has 0 heterocycles. The van der Waals surface area contributed by atoms with Crippen molar-refractivity contribution in [3.05, 3.63) is 104 Å². The van der Waals surface area contributed by atoms with E-state index < -0.39 is 23.5 Å². The lowest BCUT2D eigenvalue weighted by atomic mass is 9.87. The molecule has 3 aromatic carbocycles. The van der Waals surface area contributed by atoms with Gasteiger partial charge in [0.15, 0.2) is 0 Å². The highest BCUT2D eigenvalue weighted by atomic mass is 35.5. The summed E-state index contributed by atoms with van der Waals surface area (Å²) in [5, 5.41) is -0.217. The second-order valence-corrected chi connectivity index (χ2v) is 10.2. The maximum absolute atomic E-state index is 13.5. The third-order valence-electron chi connectivity index (χ3n) is 5.61. The normalized spacial score (nSPS) is 12.0. The molecule has 0 aliphatic carbocycles. The third-order valence-corrected chi connectivity index (χ3v) is 6.11. The van der Waals surface area contributed by atoms with Crippen LogP contribution >= 0.6 is 23.2 Å². The van der Waals surface area contributed by atoms with E-state index in [1.807, 2.05) is 24.3 Å². The average Bonchev–Trinajstić information content (AvgIpc) is 2.77. The van der Waals surface area contributed by atoms with E-state index in [1.54, 1.807) is 6.07 Å². The van der Waals surface area contributed by atoms with Crippen LogP contribution in [0.1, 0.15) is 53.4 Å². The zero-order chi connectivity index (χ0) is 26.0. The molecule has 0 N–H and O–H groups in total. The van der Waals surface area contributed by atoms with Crippen molar-refractivity contribution >= 4 is 29.1 Å². The number of carbonyl (C=O) groups excluding carboxylic acids is 1. The Bertz CT molecular complexity index is 1200. The second-order valence-electron chi connectivity index (χ2n) is 9.40. The Hall–Kier alpha value is -2.57. The number of hydrogen-bond donors (Lipinski definition) is 0. The van der Waals surface area contributed by atoms with Crippen LogP contribution in [0.3, 0.4) is 0 Å². The van der Waals surface area contributed by atoms with Crippen molar-refractivity contribution < 1.29 is 22.4 Å². The van der Waals surface area contributed by atoms with Crippen LogP contribution in [0.5, 0.6) is 0 Å². The highest BCUT2D eigenvalue weighted by Gasteiger charge is 2.32. The fourth-order valence-corrected chi connectivity index (χ4v) is 4.04. The van der Waals surface area contributed by atoms with E-state index in [1.165, 1.54) is 23.1 Å². The molecular formula is C27H25Cl2F4NO. The number of carbonyl (C=O) groups is 1. The number of nitrogens with zero attached hydrogens (tertiary/aromatic N) is 1. The van der Waals surface area contributed by atoms with Crippen molar-refractivity contribution in [2.75, 3.05) is 6.54 Å². The Morgan fingerprint density at radius 3 is 2.06 bits per heavy atom. The zero-order valence-corrected chi connectivity index (χ0v) is 21.0. The van der Waals surface area contributed by atoms with Gasteiger partial charge in [-0.1, -0.05) is 74.3 Å². The summed E-state index contributed by atoms with van der Waals surface area (Å²) in [7, 11) is 0. The lowest BCUT2D eigenvalue weighted by molar-refractivity contribution is -0.137. The number of rotatable bonds is 6. The van der Waals surface area contributed by atoms with E-state index in [2.05, 4.69) is 20.8 Å². The molecule has 1 amide bonds. The summed E-state index contributed by atoms with van der Waals surface area (Å²) < 4.78 is 53.4. The Kier molecular flexibility index (Phi) is 8.17. The average molecular weight is 526 g/mol. The largest absolute Gasteiger partial charge is 0.416 e. The molecule has 0 aromatic heterocycles. The van der Waals surface area contributed by atoms with Crippen LogP contribution in [0, 0.1) is 5.82 Å². The summed E-state index contributed by atoms with van der Waals surface area (Å²) in [6.07, 6.45) is -4.31. The summed E-state index contributed by atoms with van der Waals surface area (Å²) in [6, 6.07) is 14.8. The maximum Gasteiger partial charge on any atom is 0.416 e. The molecule has 0 saturated carbocycles. The van der Waals surface area contributed by atoms with Gasteiger partial charge >= 0.3 is 6.18 Å². The third kappa shape index (κ3) is 7.21. The lowest BCUT2D eigenvalue weighted by Crippen LogP contribution is -2.32. The molecule has 0 saturated heterocycles. The van der Waals surface area contributed by atoms with Gasteiger partial charge < -0.3 is 4.90 Å². The minimum absolute atomic E-state index is 0.0391. The molecule has 0 bridgehead atoms. The summed E-state index contributed by atoms with van der Waals surface area (Å²) in [5.41, 5.74) is 1.43. The van der Waals surface area contributed by atoms with E-state index in [0.29, 0.717) is 12.0 Å². The van der Waals surface area contributed by atoms with Gasteiger partial charge in [-0.25, -0.2) is 4.39 Å². The van der Waals surface area contributed by atoms with Gasteiger partial charge in [0.25, 0.3) is 5.91 Å². The lowest BCUT2D eigenvalue weighted by Gasteiger charge is -2.25. The van der Waals surface area contributed by atoms with Gasteiger partial charge in [0, 0.05) is 23.7 Å². The van der Waals surface area contributed by atoms with Gasteiger partial charge in [0.1, 0.15) is 5.82 Å². The summed E-state index contributed by atoms with van der Waals surface area (Å²) in [4.78, 5) is 14.8. The maximum atomic E-state index is 13.5. The van der Waals surface area contributed by atoms with Crippen molar-refractivity contribution in [2.45, 2.75) is 45.3 Å². The summed E-state index contributed by atoms with van der Waals surface area (Å²) >= 11 is 11.8. The zero-order valence-electron chi connectivity index (χ0n) is 19.5. The van der Waals surface area contributed by atoms with Gasteiger partial charge in [-0.05, 0) is 58.9 Å². The van der Waals surface area contributed by atoms with Crippen molar-refractivity contribution in [1.82, 2.24) is 4.90 Å². The van der Waals surface area contributed by atoms with Crippen molar-refractivity contribution in [3.63, 3.8) is 0 Å². The number of benzene rings is 3. The van der Waals surface area contributed by atoms with Gasteiger partial charge in [0.2, 0.25) is 0 Å². The number of hydrogen-bond acceptors (Lipinski definition) is 1. The summed E-state index contributed by atoms with van der Waals surface area (Å²) in [6.45, 7) is 6.61. The quantitative estimate of drug-likeness (QED) is 0.296. The van der Waals surface area contributed by atoms with Gasteiger partial charge in [-0.15, -0.1) is 0 Å². The smallest absolute Gasteiger partial charge is 0.334 e. The van der Waals surface area contributed by atoms with Gasteiger partial charge in [-0.2, -0.15) is 13.2 Å². The first-order valence-corrected chi connectivity index (χ1v) is 11.7. The molecule has 0 atom stereocenters. The minimum atomic E-state index is -4.64. The standard InChI is InChI=1S/C27H25Cl2F4NO/c1-26(2,3)20-7-4-18(5-8-20)16-34(11-10-17-6-9-24(30)23(29)12-17)25(35)19-13-21(27(31,32)33)15-22(28)14-19/h4-9,12-15H,10-11,16H2,1-3H3. The molecule has 35 heavy (non-hydrogen) atoms. The van der Waals surface area contributed by atoms with E-state index in [4.69, 9.17) is 23.2 Å². The van der Waals surface area contributed by atoms with E-state index in [-0.39, 0.29) is 34.1 Å². The van der Waals surface area contributed by atoms with E-state index in [0.717, 1.165) is 23.3 Å². The van der Waals surface area contributed by atoms with Crippen LogP contribution in [-0.2, 0) is 24.6 Å². The first-order valence-electron chi connectivity index (χ1n) is 10.9. The number of alkyl halides is 3. The Morgan fingerprint density at radius 1 is 0.857 bits per heavy atom. The molecule has 186 valence electrons. The van der Waals surface area contributed by atoms with Crippen LogP contribution in [0.2, 0.25) is 10.0 Å². The SMILES string of the molecule is CC(C)(C)c1ccc(CN(CCc2ccc(F)c(Cl)c2)C(=O)c2cc(Cl)cc(C(F)(F)F)c2)cc1. The molecule has 3 rings (SSSR count). The van der Waals surface area contributed by atoms with Crippen LogP contribution in [0.25, 0.3) is 0 Å². The van der Waals surface area contributed by atoms with Crippen LogP contribution in [0.4, 0.5) is 17.6 Å². The van der Waals surface area contributed by atoms with E-state index in [9.17, 15) is 22.4 Å². The molecule has 0 fully saturated rings. The molecular weight excluding hydrogens is 501 g/mol. The fraction of sp³-hybridized carbons (Fsp3) is 0.296. The van der Waals surface area contributed by atoms with Gasteiger partial charge in [-0.3, -0.25) is 4.79 Å². The molecule has 0 radical (unpaired) electrons. The molecule has 0 spiro atoms. The predicted octanol–water partition coefficient (Wildman–Crippen LogP) is 8.33. The first-order chi connectivity index (χ1) is 16.2. The first kappa shape index (κ1) is 27.0. The second kappa shape index (κ2) is 10.6. The number of amides is 1. The monoisotopic (exact) mass is 525 g/mol. The van der Waals surface area contributed by atoms with Crippen LogP contribution in [0.15, 0.2) is 60.7 Å². The Labute approximate surface area is 212 Å². The van der Waals surface area contributed by atoms with Crippen molar-refractivity contribution in [3.8, 4) is 0 Å². The molecule has 3 aromatic rings. The van der Waals surface area contributed by atoms with Crippen LogP contribution in [-0.4, -0.2) is 17.4 Å². The molecule has 0 aliphatic heterocycles. The van der Waals surface area contributed by atoms with Crippen molar-refractivity contribution in [1.29, 1.82) is 0 Å². The Balaban J connectivity index is 1.91. The highest BCUT2D eigenvalue weighted by molar-refractivity contribution is 6.31. The minimum Gasteiger partial charge on any atom is -0.334 e. The van der Waals surface area contributed by atoms with Crippen LogP contribution < -0.4 is 0 Å². The van der Waals surface area contributed by atoms with Crippen molar-refractivity contribution in [2.24, 2.45) is 0 Å². The number of halogens is 6. The van der Waals surface area contributed by atoms with E-state index >= 15 is 0 Å². The fourth-order valence-electron chi connectivity index (χ4n) is 3.60. The Morgan fingerprint density at radius 2 is 1.49 bits per heavy atom. The van der Waals surface area contributed by atoms with Gasteiger partial charge in [0.05, 0.1) is 10.6 Å². The topological polar surface area (TPSA) is 20.3 Å². The molecule has 8 heteroatoms. The predicted molar refractivity (Wildman–Crippen MR) is 131 cm³/mol. The molecule has 2 nitrogen and oxygen atoms in total. The highest BCUT2D eigenvalue weighted by Crippen LogP contribution is 2.32. The summed E-state index contributed by atoms with van der Waals surface area (Å²) in [5.74, 6) is -1.15. The molecule has 0 aliphatic rings. The molecule has 0 unspecified atom stereocenters.